The van der Waals surface area contributed by atoms with Crippen LogP contribution >= 0.6 is 0 Å². The number of allylic oxidation sites excluding steroid dienone is 1. The van der Waals surface area contributed by atoms with E-state index >= 15 is 0 Å². The van der Waals surface area contributed by atoms with Crippen LogP contribution in [-0.2, 0) is 15.7 Å². The molecule has 0 aromatic heterocycles. The maximum Gasteiger partial charge on any atom is 0.416 e. The lowest BCUT2D eigenvalue weighted by Crippen LogP contribution is -2.29. The van der Waals surface area contributed by atoms with Gasteiger partial charge in [-0.05, 0) is 18.2 Å². The minimum Gasteiger partial charge on any atom is -0.476 e. The molecule has 9 heteroatoms. The Kier molecular flexibility index (Phi) is 5.79. The largest absolute Gasteiger partial charge is 0.476 e. The molecule has 26 heavy (non-hydrogen) atoms. The lowest BCUT2D eigenvalue weighted by atomic mass is 10.0. The first-order chi connectivity index (χ1) is 12.3. The van der Waals surface area contributed by atoms with Gasteiger partial charge in [0.15, 0.2) is 5.71 Å². The Morgan fingerprint density at radius 1 is 1.46 bits per heavy atom. The fourth-order valence-corrected chi connectivity index (χ4v) is 2.21. The van der Waals surface area contributed by atoms with Crippen molar-refractivity contribution in [2.75, 3.05) is 7.11 Å². The molecule has 1 atom stereocenters. The smallest absolute Gasteiger partial charge is 0.416 e. The number of carboxylic acid groups (broad SMARTS) is 1. The standard InChI is InChI=1S/C17H13F3N2O4/c1-25-13-9-14(22-15(16(23)24)12(13)6-3-7-21)26-11-5-2-4-10(8-11)17(18,19)20/h2,4-6,8-9,13H,3H2,1H3,(H,23,24). The molecular weight excluding hydrogens is 353 g/mol. The Labute approximate surface area is 146 Å². The maximum absolute atomic E-state index is 12.8. The molecule has 136 valence electrons. The molecule has 0 spiro atoms. The van der Waals surface area contributed by atoms with E-state index in [9.17, 15) is 23.1 Å². The predicted molar refractivity (Wildman–Crippen MR) is 84.3 cm³/mol. The highest BCUT2D eigenvalue weighted by Crippen LogP contribution is 2.32. The van der Waals surface area contributed by atoms with E-state index in [4.69, 9.17) is 14.7 Å². The Bertz CT molecular complexity index is 835. The summed E-state index contributed by atoms with van der Waals surface area (Å²) < 4.78 is 48.8. The van der Waals surface area contributed by atoms with Gasteiger partial charge in [-0.2, -0.15) is 18.4 Å². The molecule has 0 amide bonds. The Morgan fingerprint density at radius 2 is 2.19 bits per heavy atom. The summed E-state index contributed by atoms with van der Waals surface area (Å²) in [5.41, 5.74) is -1.15. The summed E-state index contributed by atoms with van der Waals surface area (Å²) in [4.78, 5) is 15.2. The van der Waals surface area contributed by atoms with Gasteiger partial charge in [-0.25, -0.2) is 9.79 Å². The minimum absolute atomic E-state index is 0.0564. The van der Waals surface area contributed by atoms with Gasteiger partial charge in [0, 0.05) is 18.8 Å². The van der Waals surface area contributed by atoms with Crippen molar-refractivity contribution in [1.82, 2.24) is 0 Å². The van der Waals surface area contributed by atoms with Crippen molar-refractivity contribution in [3.05, 3.63) is 53.4 Å². The molecule has 1 aromatic carbocycles. The van der Waals surface area contributed by atoms with Crippen LogP contribution in [0.5, 0.6) is 5.75 Å². The number of nitrogens with zero attached hydrogens (tertiary/aromatic N) is 2. The van der Waals surface area contributed by atoms with Crippen molar-refractivity contribution < 1.29 is 32.5 Å². The van der Waals surface area contributed by atoms with Gasteiger partial charge in [0.05, 0.1) is 18.1 Å². The van der Waals surface area contributed by atoms with Crippen molar-refractivity contribution in [3.63, 3.8) is 0 Å². The molecule has 0 radical (unpaired) electrons. The van der Waals surface area contributed by atoms with Crippen molar-refractivity contribution in [2.45, 2.75) is 18.7 Å². The zero-order chi connectivity index (χ0) is 19.3. The fraction of sp³-hybridized carbons (Fsp3) is 0.235. The predicted octanol–water partition coefficient (Wildman–Crippen LogP) is 3.32. The monoisotopic (exact) mass is 366 g/mol. The summed E-state index contributed by atoms with van der Waals surface area (Å²) in [5, 5.41) is 18.0. The average molecular weight is 366 g/mol. The molecule has 6 nitrogen and oxygen atoms in total. The summed E-state index contributed by atoms with van der Waals surface area (Å²) in [6.45, 7) is 0. The van der Waals surface area contributed by atoms with E-state index in [2.05, 4.69) is 4.99 Å². The zero-order valence-electron chi connectivity index (χ0n) is 13.4. The van der Waals surface area contributed by atoms with E-state index in [0.29, 0.717) is 0 Å². The third-order valence-electron chi connectivity index (χ3n) is 3.35. The highest BCUT2D eigenvalue weighted by Gasteiger charge is 2.31. The van der Waals surface area contributed by atoms with Crippen LogP contribution in [0.2, 0.25) is 0 Å². The Hall–Kier alpha value is -3.12. The van der Waals surface area contributed by atoms with Crippen LogP contribution in [0.3, 0.4) is 0 Å². The van der Waals surface area contributed by atoms with Gasteiger partial charge in [-0.1, -0.05) is 12.1 Å². The van der Waals surface area contributed by atoms with Gasteiger partial charge in [-0.3, -0.25) is 0 Å². The molecule has 1 N–H and O–H groups in total. The Balaban J connectivity index is 2.37. The van der Waals surface area contributed by atoms with Gasteiger partial charge in [0.1, 0.15) is 11.9 Å². The molecule has 0 fully saturated rings. The van der Waals surface area contributed by atoms with Crippen LogP contribution < -0.4 is 4.74 Å². The number of hydrogen-bond acceptors (Lipinski definition) is 5. The van der Waals surface area contributed by atoms with Crippen LogP contribution in [0.1, 0.15) is 12.0 Å². The number of benzene rings is 1. The summed E-state index contributed by atoms with van der Waals surface area (Å²) in [5.74, 6) is -1.75. The van der Waals surface area contributed by atoms with Gasteiger partial charge in [0.25, 0.3) is 0 Å². The molecule has 0 aliphatic carbocycles. The van der Waals surface area contributed by atoms with Crippen LogP contribution in [0.15, 0.2) is 52.9 Å². The van der Waals surface area contributed by atoms with Gasteiger partial charge < -0.3 is 14.6 Å². The zero-order valence-corrected chi connectivity index (χ0v) is 13.4. The van der Waals surface area contributed by atoms with Crippen LogP contribution in [0.4, 0.5) is 13.2 Å². The molecule has 1 unspecified atom stereocenters. The number of aliphatic imine (C=N–C) groups is 1. The molecule has 1 aliphatic heterocycles. The lowest BCUT2D eigenvalue weighted by molar-refractivity contribution is -0.137. The van der Waals surface area contributed by atoms with E-state index in [-0.39, 0.29) is 23.6 Å². The third kappa shape index (κ3) is 4.49. The molecule has 1 heterocycles. The quantitative estimate of drug-likeness (QED) is 0.863. The summed E-state index contributed by atoms with van der Waals surface area (Å²) >= 11 is 0. The van der Waals surface area contributed by atoms with E-state index in [1.54, 1.807) is 0 Å². The van der Waals surface area contributed by atoms with Crippen LogP contribution in [0, 0.1) is 11.3 Å². The van der Waals surface area contributed by atoms with E-state index < -0.39 is 29.5 Å². The second kappa shape index (κ2) is 7.84. The summed E-state index contributed by atoms with van der Waals surface area (Å²) in [7, 11) is 1.31. The van der Waals surface area contributed by atoms with E-state index in [1.165, 1.54) is 25.3 Å². The topological polar surface area (TPSA) is 91.9 Å². The second-order valence-electron chi connectivity index (χ2n) is 5.08. The van der Waals surface area contributed by atoms with Gasteiger partial charge >= 0.3 is 12.1 Å². The van der Waals surface area contributed by atoms with Crippen molar-refractivity contribution in [2.24, 2.45) is 4.99 Å². The van der Waals surface area contributed by atoms with E-state index in [1.807, 2.05) is 6.07 Å². The summed E-state index contributed by atoms with van der Waals surface area (Å²) in [6, 6.07) is 5.96. The minimum atomic E-state index is -4.54. The molecule has 0 saturated heterocycles. The number of rotatable bonds is 5. The number of carbonyl (C=O) groups is 1. The SMILES string of the molecule is COC1C=C(Oc2cccc(C(F)(F)F)c2)N=C(C(=O)O)C1=CCC#N. The molecule has 0 saturated carbocycles. The van der Waals surface area contributed by atoms with E-state index in [0.717, 1.165) is 18.2 Å². The molecule has 1 aromatic rings. The maximum atomic E-state index is 12.8. The number of ether oxygens (including phenoxy) is 2. The number of hydrogen-bond donors (Lipinski definition) is 1. The number of methoxy groups -OCH3 is 1. The van der Waals surface area contributed by atoms with Crippen LogP contribution in [0.25, 0.3) is 0 Å². The Morgan fingerprint density at radius 3 is 2.77 bits per heavy atom. The normalized spacial score (nSPS) is 18.7. The highest BCUT2D eigenvalue weighted by molar-refractivity contribution is 6.43. The average Bonchev–Trinajstić information content (AvgIpc) is 2.59. The number of halogens is 3. The van der Waals surface area contributed by atoms with Crippen molar-refractivity contribution >= 4 is 11.7 Å². The fourth-order valence-electron chi connectivity index (χ4n) is 2.21. The molecular formula is C17H13F3N2O4. The third-order valence-corrected chi connectivity index (χ3v) is 3.35. The van der Waals surface area contributed by atoms with Crippen LogP contribution in [-0.4, -0.2) is 30.0 Å². The second-order valence-corrected chi connectivity index (χ2v) is 5.08. The first-order valence-corrected chi connectivity index (χ1v) is 7.25. The lowest BCUT2D eigenvalue weighted by Gasteiger charge is -2.21. The van der Waals surface area contributed by atoms with Gasteiger partial charge in [0.2, 0.25) is 5.88 Å². The number of carboxylic acids is 1. The number of alkyl halides is 3. The molecule has 1 aliphatic rings. The van der Waals surface area contributed by atoms with Gasteiger partial charge in [-0.15, -0.1) is 0 Å². The first-order valence-electron chi connectivity index (χ1n) is 7.25. The molecule has 0 bridgehead atoms. The number of aliphatic carboxylic acids is 1. The molecule has 2 rings (SSSR count). The summed E-state index contributed by atoms with van der Waals surface area (Å²) in [6.07, 6.45) is -2.79. The van der Waals surface area contributed by atoms with Crippen molar-refractivity contribution in [1.29, 1.82) is 5.26 Å². The highest BCUT2D eigenvalue weighted by atomic mass is 19.4. The van der Waals surface area contributed by atoms with Crippen molar-refractivity contribution in [3.8, 4) is 11.8 Å². The first kappa shape index (κ1) is 19.2. The number of nitriles is 1.